The molecule has 1 saturated heterocycles. The van der Waals surface area contributed by atoms with E-state index in [2.05, 4.69) is 5.32 Å². The van der Waals surface area contributed by atoms with Gasteiger partial charge in [-0.1, -0.05) is 18.2 Å². The Hall–Kier alpha value is -2.24. The van der Waals surface area contributed by atoms with E-state index in [1.807, 2.05) is 31.2 Å². The van der Waals surface area contributed by atoms with Gasteiger partial charge >= 0.3 is 6.09 Å². The van der Waals surface area contributed by atoms with E-state index in [1.54, 1.807) is 11.8 Å². The first-order valence-electron chi connectivity index (χ1n) is 8.55. The van der Waals surface area contributed by atoms with E-state index in [9.17, 15) is 9.59 Å². The van der Waals surface area contributed by atoms with Crippen LogP contribution >= 0.6 is 0 Å². The first-order valence-corrected chi connectivity index (χ1v) is 8.55. The zero-order valence-corrected chi connectivity index (χ0v) is 14.4. The SMILES string of the molecule is CCOC(=O)N1CCCC(C(=O)NCc2ccccc2OCC)C1. The van der Waals surface area contributed by atoms with E-state index in [0.29, 0.717) is 32.8 Å². The quantitative estimate of drug-likeness (QED) is 0.868. The molecule has 1 aliphatic heterocycles. The number of benzene rings is 1. The first-order chi connectivity index (χ1) is 11.7. The number of para-hydroxylation sites is 1. The predicted molar refractivity (Wildman–Crippen MR) is 90.8 cm³/mol. The molecule has 1 unspecified atom stereocenters. The highest BCUT2D eigenvalue weighted by Gasteiger charge is 2.29. The van der Waals surface area contributed by atoms with Crippen molar-refractivity contribution in [2.24, 2.45) is 5.92 Å². The molecule has 1 heterocycles. The van der Waals surface area contributed by atoms with Crippen molar-refractivity contribution >= 4 is 12.0 Å². The number of likely N-dealkylation sites (tertiary alicyclic amines) is 1. The third-order valence-electron chi connectivity index (χ3n) is 4.04. The molecule has 0 saturated carbocycles. The lowest BCUT2D eigenvalue weighted by atomic mass is 9.97. The minimum atomic E-state index is -0.336. The van der Waals surface area contributed by atoms with Crippen LogP contribution in [0.25, 0.3) is 0 Å². The number of ether oxygens (including phenoxy) is 2. The van der Waals surface area contributed by atoms with Gasteiger partial charge in [-0.2, -0.15) is 0 Å². The fourth-order valence-corrected chi connectivity index (χ4v) is 2.84. The minimum absolute atomic E-state index is 0.0321. The summed E-state index contributed by atoms with van der Waals surface area (Å²) in [6, 6.07) is 7.67. The summed E-state index contributed by atoms with van der Waals surface area (Å²) >= 11 is 0. The summed E-state index contributed by atoms with van der Waals surface area (Å²) in [7, 11) is 0. The van der Waals surface area contributed by atoms with E-state index in [1.165, 1.54) is 0 Å². The number of carbonyl (C=O) groups is 2. The van der Waals surface area contributed by atoms with Crippen LogP contribution in [0.3, 0.4) is 0 Å². The maximum atomic E-state index is 12.4. The molecule has 0 aromatic heterocycles. The number of nitrogens with zero attached hydrogens (tertiary/aromatic N) is 1. The summed E-state index contributed by atoms with van der Waals surface area (Å²) in [4.78, 5) is 25.9. The molecular formula is C18H26N2O4. The summed E-state index contributed by atoms with van der Waals surface area (Å²) in [6.45, 7) is 6.13. The average molecular weight is 334 g/mol. The molecule has 132 valence electrons. The van der Waals surface area contributed by atoms with E-state index in [-0.39, 0.29) is 17.9 Å². The van der Waals surface area contributed by atoms with Crippen molar-refractivity contribution < 1.29 is 19.1 Å². The monoisotopic (exact) mass is 334 g/mol. The second kappa shape index (κ2) is 9.15. The molecule has 2 amide bonds. The Labute approximate surface area is 143 Å². The molecule has 1 aliphatic rings. The van der Waals surface area contributed by atoms with Gasteiger partial charge in [0, 0.05) is 25.2 Å². The summed E-state index contributed by atoms with van der Waals surface area (Å²) in [5.74, 6) is 0.565. The van der Waals surface area contributed by atoms with Crippen molar-refractivity contribution in [1.82, 2.24) is 10.2 Å². The number of carbonyl (C=O) groups excluding carboxylic acids is 2. The van der Waals surface area contributed by atoms with Crippen molar-refractivity contribution in [2.75, 3.05) is 26.3 Å². The third-order valence-corrected chi connectivity index (χ3v) is 4.04. The van der Waals surface area contributed by atoms with Gasteiger partial charge in [-0.3, -0.25) is 4.79 Å². The molecule has 0 spiro atoms. The molecular weight excluding hydrogens is 308 g/mol. The summed E-state index contributed by atoms with van der Waals surface area (Å²) in [6.07, 6.45) is 1.26. The zero-order chi connectivity index (χ0) is 17.4. The molecule has 0 aliphatic carbocycles. The molecule has 1 fully saturated rings. The lowest BCUT2D eigenvalue weighted by molar-refractivity contribution is -0.126. The van der Waals surface area contributed by atoms with E-state index >= 15 is 0 Å². The highest BCUT2D eigenvalue weighted by atomic mass is 16.6. The number of amides is 2. The van der Waals surface area contributed by atoms with Crippen molar-refractivity contribution in [2.45, 2.75) is 33.2 Å². The summed E-state index contributed by atoms with van der Waals surface area (Å²) in [5.41, 5.74) is 0.950. The van der Waals surface area contributed by atoms with Crippen LogP contribution in [0.1, 0.15) is 32.3 Å². The molecule has 2 rings (SSSR count). The Morgan fingerprint density at radius 3 is 2.79 bits per heavy atom. The van der Waals surface area contributed by atoms with Crippen LogP contribution in [0, 0.1) is 5.92 Å². The number of hydrogen-bond donors (Lipinski definition) is 1. The fraction of sp³-hybridized carbons (Fsp3) is 0.556. The largest absolute Gasteiger partial charge is 0.494 e. The second-order valence-corrected chi connectivity index (χ2v) is 5.74. The number of piperidine rings is 1. The maximum Gasteiger partial charge on any atom is 0.409 e. The zero-order valence-electron chi connectivity index (χ0n) is 14.4. The van der Waals surface area contributed by atoms with Crippen LogP contribution < -0.4 is 10.1 Å². The highest BCUT2D eigenvalue weighted by molar-refractivity contribution is 5.80. The fourth-order valence-electron chi connectivity index (χ4n) is 2.84. The van der Waals surface area contributed by atoms with Crippen LogP contribution in [0.5, 0.6) is 5.75 Å². The lowest BCUT2D eigenvalue weighted by Crippen LogP contribution is -2.45. The van der Waals surface area contributed by atoms with Crippen molar-refractivity contribution in [1.29, 1.82) is 0 Å². The van der Waals surface area contributed by atoms with Crippen molar-refractivity contribution in [3.63, 3.8) is 0 Å². The Balaban J connectivity index is 1.89. The predicted octanol–water partition coefficient (Wildman–Crippen LogP) is 2.57. The van der Waals surface area contributed by atoms with Crippen molar-refractivity contribution in [3.8, 4) is 5.75 Å². The van der Waals surface area contributed by atoms with Crippen LogP contribution in [0.2, 0.25) is 0 Å². The molecule has 1 atom stereocenters. The second-order valence-electron chi connectivity index (χ2n) is 5.74. The molecule has 1 aromatic carbocycles. The molecule has 1 N–H and O–H groups in total. The maximum absolute atomic E-state index is 12.4. The average Bonchev–Trinajstić information content (AvgIpc) is 2.61. The Morgan fingerprint density at radius 1 is 1.25 bits per heavy atom. The van der Waals surface area contributed by atoms with Crippen LogP contribution in [0.15, 0.2) is 24.3 Å². The van der Waals surface area contributed by atoms with E-state index < -0.39 is 0 Å². The van der Waals surface area contributed by atoms with Gasteiger partial charge in [-0.15, -0.1) is 0 Å². The Bertz CT molecular complexity index is 562. The number of nitrogens with one attached hydrogen (secondary N) is 1. The molecule has 1 aromatic rings. The minimum Gasteiger partial charge on any atom is -0.494 e. The van der Waals surface area contributed by atoms with Crippen LogP contribution in [0.4, 0.5) is 4.79 Å². The van der Waals surface area contributed by atoms with Gasteiger partial charge in [-0.05, 0) is 32.8 Å². The van der Waals surface area contributed by atoms with Gasteiger partial charge < -0.3 is 19.7 Å². The standard InChI is InChI=1S/C18H26N2O4/c1-3-23-16-10-6-5-8-14(16)12-19-17(21)15-9-7-11-20(13-15)18(22)24-4-2/h5-6,8,10,15H,3-4,7,9,11-13H2,1-2H3,(H,19,21). The van der Waals surface area contributed by atoms with E-state index in [4.69, 9.17) is 9.47 Å². The highest BCUT2D eigenvalue weighted by Crippen LogP contribution is 2.20. The molecule has 6 heteroatoms. The smallest absolute Gasteiger partial charge is 0.409 e. The van der Waals surface area contributed by atoms with Crippen LogP contribution in [-0.4, -0.2) is 43.2 Å². The molecule has 6 nitrogen and oxygen atoms in total. The van der Waals surface area contributed by atoms with Gasteiger partial charge in [0.25, 0.3) is 0 Å². The molecule has 24 heavy (non-hydrogen) atoms. The topological polar surface area (TPSA) is 67.9 Å². The van der Waals surface area contributed by atoms with Gasteiger partial charge in [0.15, 0.2) is 0 Å². The normalized spacial score (nSPS) is 17.2. The number of rotatable bonds is 6. The third kappa shape index (κ3) is 4.88. The van der Waals surface area contributed by atoms with Gasteiger partial charge in [0.2, 0.25) is 5.91 Å². The van der Waals surface area contributed by atoms with Gasteiger partial charge in [0.05, 0.1) is 19.1 Å². The summed E-state index contributed by atoms with van der Waals surface area (Å²) in [5, 5.41) is 2.96. The molecule has 0 radical (unpaired) electrons. The Kier molecular flexibility index (Phi) is 6.90. The first kappa shape index (κ1) is 18.1. The molecule has 0 bridgehead atoms. The van der Waals surface area contributed by atoms with Crippen LogP contribution in [-0.2, 0) is 16.1 Å². The Morgan fingerprint density at radius 2 is 2.04 bits per heavy atom. The van der Waals surface area contributed by atoms with Gasteiger partial charge in [0.1, 0.15) is 5.75 Å². The number of hydrogen-bond acceptors (Lipinski definition) is 4. The van der Waals surface area contributed by atoms with E-state index in [0.717, 1.165) is 24.2 Å². The van der Waals surface area contributed by atoms with Gasteiger partial charge in [-0.25, -0.2) is 4.79 Å². The lowest BCUT2D eigenvalue weighted by Gasteiger charge is -2.31. The summed E-state index contributed by atoms with van der Waals surface area (Å²) < 4.78 is 10.6. The van der Waals surface area contributed by atoms with Crippen molar-refractivity contribution in [3.05, 3.63) is 29.8 Å².